The number of hydrogen-bond donors (Lipinski definition) is 1. The Balaban J connectivity index is 2.38. The third kappa shape index (κ3) is 2.12. The van der Waals surface area contributed by atoms with Gasteiger partial charge in [-0.25, -0.2) is 4.99 Å². The quantitative estimate of drug-likeness (QED) is 0.550. The Labute approximate surface area is 54.9 Å². The maximum atomic E-state index is 11.4. The molecule has 0 radical (unpaired) electrons. The average Bonchev–Trinajstić information content (AvgIpc) is 2.12. The molecule has 10 heavy (non-hydrogen) atoms. The Kier molecular flexibility index (Phi) is 1.69. The minimum Gasteiger partial charge on any atom is -0.373 e. The molecule has 1 N–H and O–H groups in total. The molecule has 1 aliphatic rings. The van der Waals surface area contributed by atoms with Gasteiger partial charge in [-0.15, -0.1) is 13.2 Å². The first-order valence-corrected chi connectivity index (χ1v) is 2.62. The lowest BCUT2D eigenvalue weighted by atomic mass is 10.7. The summed E-state index contributed by atoms with van der Waals surface area (Å²) in [5, 5.41) is 2.32. The van der Waals surface area contributed by atoms with Crippen LogP contribution >= 0.6 is 0 Å². The summed E-state index contributed by atoms with van der Waals surface area (Å²) in [7, 11) is 0. The number of rotatable bonds is 0. The van der Waals surface area contributed by atoms with Crippen molar-refractivity contribution < 1.29 is 17.9 Å². The molecule has 1 aliphatic heterocycles. The van der Waals surface area contributed by atoms with Crippen molar-refractivity contribution in [1.82, 2.24) is 5.32 Å². The normalized spacial score (nSPS) is 18.1. The summed E-state index contributed by atoms with van der Waals surface area (Å²) < 4.78 is 37.5. The van der Waals surface area contributed by atoms with E-state index in [0.717, 1.165) is 0 Å². The second-order valence-electron chi connectivity index (χ2n) is 1.66. The van der Waals surface area contributed by atoms with Crippen molar-refractivity contribution in [2.24, 2.45) is 4.99 Å². The number of nitrogens with one attached hydrogen (secondary N) is 1. The molecule has 0 aromatic carbocycles. The highest BCUT2D eigenvalue weighted by Crippen LogP contribution is 2.16. The Morgan fingerprint density at radius 3 is 2.60 bits per heavy atom. The molecule has 0 spiro atoms. The topological polar surface area (TPSA) is 33.6 Å². The van der Waals surface area contributed by atoms with Gasteiger partial charge in [-0.2, -0.15) is 0 Å². The van der Waals surface area contributed by atoms with Gasteiger partial charge in [0.05, 0.1) is 6.54 Å². The van der Waals surface area contributed by atoms with Crippen molar-refractivity contribution in [2.75, 3.05) is 13.1 Å². The van der Waals surface area contributed by atoms with Crippen LogP contribution in [-0.2, 0) is 4.74 Å². The zero-order valence-corrected chi connectivity index (χ0v) is 4.90. The van der Waals surface area contributed by atoms with E-state index < -0.39 is 12.4 Å². The van der Waals surface area contributed by atoms with Crippen LogP contribution in [0.3, 0.4) is 0 Å². The second-order valence-corrected chi connectivity index (χ2v) is 1.66. The molecular weight excluding hydrogens is 149 g/mol. The molecule has 0 bridgehead atoms. The molecule has 0 aliphatic carbocycles. The van der Waals surface area contributed by atoms with Crippen LogP contribution in [0.15, 0.2) is 4.99 Å². The molecule has 0 aromatic rings. The predicted octanol–water partition coefficient (Wildman–Crippen LogP) is 0.482. The second kappa shape index (κ2) is 2.36. The first-order valence-electron chi connectivity index (χ1n) is 2.62. The number of nitrogens with zero attached hydrogens (tertiary/aromatic N) is 1. The highest BCUT2D eigenvalue weighted by Gasteiger charge is 2.33. The van der Waals surface area contributed by atoms with Gasteiger partial charge in [-0.05, 0) is 0 Å². The largest absolute Gasteiger partial charge is 0.575 e. The molecule has 1 heterocycles. The fraction of sp³-hybridized carbons (Fsp3) is 0.750. The lowest BCUT2D eigenvalue weighted by Gasteiger charge is -2.06. The Morgan fingerprint density at radius 2 is 2.20 bits per heavy atom. The van der Waals surface area contributed by atoms with Gasteiger partial charge in [-0.1, -0.05) is 0 Å². The molecular formula is C4H5F3N2O. The summed E-state index contributed by atoms with van der Waals surface area (Å²) >= 11 is 0. The molecule has 0 saturated heterocycles. The van der Waals surface area contributed by atoms with Gasteiger partial charge in [0, 0.05) is 6.54 Å². The van der Waals surface area contributed by atoms with Crippen LogP contribution < -0.4 is 5.32 Å². The summed E-state index contributed by atoms with van der Waals surface area (Å²) in [5.74, 6) is 0. The van der Waals surface area contributed by atoms with Gasteiger partial charge in [0.15, 0.2) is 0 Å². The molecule has 0 amide bonds. The van der Waals surface area contributed by atoms with E-state index in [0.29, 0.717) is 13.1 Å². The van der Waals surface area contributed by atoms with Crippen LogP contribution in [0.1, 0.15) is 0 Å². The van der Waals surface area contributed by atoms with Crippen molar-refractivity contribution >= 4 is 6.02 Å². The van der Waals surface area contributed by atoms with Crippen molar-refractivity contribution in [3.63, 3.8) is 0 Å². The van der Waals surface area contributed by atoms with Gasteiger partial charge in [0.2, 0.25) is 0 Å². The molecule has 0 unspecified atom stereocenters. The molecule has 0 saturated carbocycles. The summed E-state index contributed by atoms with van der Waals surface area (Å²) in [6, 6.07) is -0.437. The summed E-state index contributed by atoms with van der Waals surface area (Å²) in [6.07, 6.45) is -4.63. The molecule has 58 valence electrons. The Morgan fingerprint density at radius 1 is 1.50 bits per heavy atom. The van der Waals surface area contributed by atoms with E-state index in [1.54, 1.807) is 0 Å². The van der Waals surface area contributed by atoms with Crippen LogP contribution in [-0.4, -0.2) is 25.5 Å². The third-order valence-electron chi connectivity index (χ3n) is 0.856. The number of halogens is 3. The Bertz CT molecular complexity index is 153. The van der Waals surface area contributed by atoms with E-state index in [4.69, 9.17) is 0 Å². The summed E-state index contributed by atoms with van der Waals surface area (Å²) in [4.78, 5) is 3.38. The highest BCUT2D eigenvalue weighted by atomic mass is 19.4. The molecule has 1 rings (SSSR count). The van der Waals surface area contributed by atoms with Gasteiger partial charge in [0.25, 0.3) is 6.02 Å². The van der Waals surface area contributed by atoms with E-state index in [1.807, 2.05) is 0 Å². The SMILES string of the molecule is FC(F)(F)OC1=NCCN1. The maximum Gasteiger partial charge on any atom is 0.575 e. The van der Waals surface area contributed by atoms with Crippen molar-refractivity contribution in [3.8, 4) is 0 Å². The van der Waals surface area contributed by atoms with E-state index in [-0.39, 0.29) is 0 Å². The molecule has 0 aromatic heterocycles. The smallest absolute Gasteiger partial charge is 0.373 e. The van der Waals surface area contributed by atoms with Crippen molar-refractivity contribution in [1.29, 1.82) is 0 Å². The van der Waals surface area contributed by atoms with Crippen molar-refractivity contribution in [2.45, 2.75) is 6.36 Å². The zero-order chi connectivity index (χ0) is 7.61. The predicted molar refractivity (Wildman–Crippen MR) is 27.4 cm³/mol. The molecule has 3 nitrogen and oxygen atoms in total. The van der Waals surface area contributed by atoms with Gasteiger partial charge >= 0.3 is 6.36 Å². The van der Waals surface area contributed by atoms with E-state index >= 15 is 0 Å². The molecule has 0 atom stereocenters. The molecule has 0 fully saturated rings. The average molecular weight is 154 g/mol. The number of alkyl halides is 3. The first kappa shape index (κ1) is 7.17. The van der Waals surface area contributed by atoms with Gasteiger partial charge < -0.3 is 10.1 Å². The van der Waals surface area contributed by atoms with Crippen LogP contribution in [0.2, 0.25) is 0 Å². The lowest BCUT2D eigenvalue weighted by molar-refractivity contribution is -0.284. The van der Waals surface area contributed by atoms with Crippen molar-refractivity contribution in [3.05, 3.63) is 0 Å². The van der Waals surface area contributed by atoms with E-state index in [2.05, 4.69) is 15.0 Å². The fourth-order valence-electron chi connectivity index (χ4n) is 0.554. The highest BCUT2D eigenvalue weighted by molar-refractivity contribution is 5.75. The van der Waals surface area contributed by atoms with E-state index in [9.17, 15) is 13.2 Å². The minimum atomic E-state index is -4.63. The number of aliphatic imine (C=N–C) groups is 1. The van der Waals surface area contributed by atoms with Crippen LogP contribution in [0.25, 0.3) is 0 Å². The Hall–Kier alpha value is -0.940. The van der Waals surface area contributed by atoms with Gasteiger partial charge in [0.1, 0.15) is 0 Å². The fourth-order valence-corrected chi connectivity index (χ4v) is 0.554. The van der Waals surface area contributed by atoms with Crippen LogP contribution in [0, 0.1) is 0 Å². The van der Waals surface area contributed by atoms with E-state index in [1.165, 1.54) is 0 Å². The standard InChI is InChI=1S/C4H5F3N2O/c5-4(6,7)10-3-8-1-2-9-3/h1-2H2,(H,8,9). The maximum absolute atomic E-state index is 11.4. The number of hydrogen-bond acceptors (Lipinski definition) is 3. The number of ether oxygens (including phenoxy) is 1. The minimum absolute atomic E-state index is 0.339. The van der Waals surface area contributed by atoms with Gasteiger partial charge in [-0.3, -0.25) is 0 Å². The zero-order valence-electron chi connectivity index (χ0n) is 4.90. The number of amidine groups is 1. The third-order valence-corrected chi connectivity index (χ3v) is 0.856. The monoisotopic (exact) mass is 154 g/mol. The van der Waals surface area contributed by atoms with Crippen LogP contribution in [0.4, 0.5) is 13.2 Å². The van der Waals surface area contributed by atoms with Crippen LogP contribution in [0.5, 0.6) is 0 Å². The molecule has 6 heteroatoms. The summed E-state index contributed by atoms with van der Waals surface area (Å²) in [6.45, 7) is 0.747. The lowest BCUT2D eigenvalue weighted by Crippen LogP contribution is -2.28. The first-order chi connectivity index (χ1) is 4.58. The summed E-state index contributed by atoms with van der Waals surface area (Å²) in [5.41, 5.74) is 0.